The highest BCUT2D eigenvalue weighted by Crippen LogP contribution is 2.24. The lowest BCUT2D eigenvalue weighted by Gasteiger charge is -1.98. The molecule has 4 rings (SSSR count). The van der Waals surface area contributed by atoms with Crippen LogP contribution in [-0.4, -0.2) is 31.0 Å². The van der Waals surface area contributed by atoms with Crippen LogP contribution in [0.1, 0.15) is 12.0 Å². The fourth-order valence-electron chi connectivity index (χ4n) is 2.22. The maximum absolute atomic E-state index is 5.27. The first-order valence-electron chi connectivity index (χ1n) is 6.17. The van der Waals surface area contributed by atoms with Crippen LogP contribution in [0.2, 0.25) is 0 Å². The second-order valence-electron chi connectivity index (χ2n) is 4.49. The summed E-state index contributed by atoms with van der Waals surface area (Å²) in [5.41, 5.74) is 3.92. The molecule has 0 spiro atoms. The van der Waals surface area contributed by atoms with E-state index in [1.165, 1.54) is 5.57 Å². The minimum Gasteiger partial charge on any atom is -0.501 e. The highest BCUT2D eigenvalue weighted by molar-refractivity contribution is 14.1. The maximum Gasteiger partial charge on any atom is 0.182 e. The van der Waals surface area contributed by atoms with E-state index in [-0.39, 0.29) is 0 Å². The third kappa shape index (κ3) is 1.89. The van der Waals surface area contributed by atoms with Crippen LogP contribution in [0.15, 0.2) is 37.1 Å². The lowest BCUT2D eigenvalue weighted by atomic mass is 10.1. The molecule has 0 aliphatic carbocycles. The van der Waals surface area contributed by atoms with Gasteiger partial charge in [-0.05, 0) is 28.7 Å². The summed E-state index contributed by atoms with van der Waals surface area (Å²) in [5, 5.41) is 8.70. The molecule has 0 amide bonds. The number of hydrogen-bond donors (Lipinski definition) is 0. The fourth-order valence-corrected chi connectivity index (χ4v) is 2.61. The average Bonchev–Trinajstić information content (AvgIpc) is 3.17. The molecule has 7 heteroatoms. The molecule has 3 aromatic rings. The molecule has 0 atom stereocenters. The largest absolute Gasteiger partial charge is 0.501 e. The molecule has 0 saturated carbocycles. The number of ether oxygens (including phenoxy) is 1. The molecule has 0 bridgehead atoms. The van der Waals surface area contributed by atoms with Crippen LogP contribution < -0.4 is 0 Å². The van der Waals surface area contributed by atoms with Gasteiger partial charge in [0.05, 0.1) is 25.3 Å². The van der Waals surface area contributed by atoms with Crippen LogP contribution in [0.4, 0.5) is 0 Å². The van der Waals surface area contributed by atoms with Crippen molar-refractivity contribution < 1.29 is 4.74 Å². The molecule has 6 nitrogen and oxygen atoms in total. The van der Waals surface area contributed by atoms with Gasteiger partial charge in [-0.1, -0.05) is 0 Å². The van der Waals surface area contributed by atoms with E-state index in [1.807, 2.05) is 24.7 Å². The molecule has 0 unspecified atom stereocenters. The van der Waals surface area contributed by atoms with E-state index in [0.29, 0.717) is 0 Å². The summed E-state index contributed by atoms with van der Waals surface area (Å²) in [4.78, 5) is 4.51. The van der Waals surface area contributed by atoms with Gasteiger partial charge in [-0.2, -0.15) is 10.2 Å². The highest BCUT2D eigenvalue weighted by atomic mass is 127. The number of nitrogens with zero attached hydrogens (tertiary/aromatic N) is 5. The van der Waals surface area contributed by atoms with Gasteiger partial charge in [0.15, 0.2) is 5.65 Å². The quantitative estimate of drug-likeness (QED) is 0.507. The molecule has 1 aliphatic rings. The van der Waals surface area contributed by atoms with Gasteiger partial charge in [0.25, 0.3) is 0 Å². The summed E-state index contributed by atoms with van der Waals surface area (Å²) >= 11 is 2.19. The first-order valence-corrected chi connectivity index (χ1v) is 7.25. The summed E-state index contributed by atoms with van der Waals surface area (Å²) in [7, 11) is 0. The Balaban J connectivity index is 1.81. The number of halogens is 1. The molecule has 0 N–H and O–H groups in total. The molecular weight excluding hydrogens is 369 g/mol. The Hall–Kier alpha value is -1.90. The molecule has 100 valence electrons. The molecule has 3 aromatic heterocycles. The smallest absolute Gasteiger partial charge is 0.182 e. The number of hydrogen-bond acceptors (Lipinski definition) is 4. The summed E-state index contributed by atoms with van der Waals surface area (Å²) in [5.74, 6) is 0. The summed E-state index contributed by atoms with van der Waals surface area (Å²) in [6, 6.07) is 1.92. The summed E-state index contributed by atoms with van der Waals surface area (Å²) in [6.07, 6.45) is 10.2. The van der Waals surface area contributed by atoms with Gasteiger partial charge in [0.1, 0.15) is 9.39 Å². The van der Waals surface area contributed by atoms with E-state index >= 15 is 0 Å². The third-order valence-corrected chi connectivity index (χ3v) is 3.83. The first-order chi connectivity index (χ1) is 9.81. The number of rotatable bonds is 2. The Labute approximate surface area is 128 Å². The van der Waals surface area contributed by atoms with Crippen molar-refractivity contribution in [3.8, 4) is 5.69 Å². The fraction of sp³-hybridized carbons (Fsp3) is 0.154. The first kappa shape index (κ1) is 11.9. The van der Waals surface area contributed by atoms with Gasteiger partial charge in [-0.15, -0.1) is 0 Å². The highest BCUT2D eigenvalue weighted by Gasteiger charge is 2.13. The summed E-state index contributed by atoms with van der Waals surface area (Å²) in [6.45, 7) is 0.747. The molecule has 0 aromatic carbocycles. The SMILES string of the molecule is Ic1ccn2ncc(-n3cc(C4=COCC4)cn3)c2n1. The van der Waals surface area contributed by atoms with E-state index in [4.69, 9.17) is 4.74 Å². The van der Waals surface area contributed by atoms with Crippen LogP contribution in [0.5, 0.6) is 0 Å². The van der Waals surface area contributed by atoms with E-state index < -0.39 is 0 Å². The van der Waals surface area contributed by atoms with Crippen molar-refractivity contribution in [1.82, 2.24) is 24.4 Å². The van der Waals surface area contributed by atoms with E-state index in [0.717, 1.165) is 33.6 Å². The maximum atomic E-state index is 5.27. The second-order valence-corrected chi connectivity index (χ2v) is 5.59. The Morgan fingerprint density at radius 3 is 3.05 bits per heavy atom. The third-order valence-electron chi connectivity index (χ3n) is 3.23. The Morgan fingerprint density at radius 2 is 2.20 bits per heavy atom. The standard InChI is InChI=1S/C13H10IN5O/c14-12-1-3-18-13(17-12)11(6-16-18)19-7-10(5-15-19)9-2-4-20-8-9/h1,3,5-8H,2,4H2. The molecular formula is C13H10IN5O. The monoisotopic (exact) mass is 379 g/mol. The molecule has 0 saturated heterocycles. The van der Waals surface area contributed by atoms with Crippen molar-refractivity contribution in [3.05, 3.63) is 46.4 Å². The molecule has 20 heavy (non-hydrogen) atoms. The van der Waals surface area contributed by atoms with Gasteiger partial charge in [-0.25, -0.2) is 14.2 Å². The molecule has 4 heterocycles. The molecule has 1 aliphatic heterocycles. The van der Waals surface area contributed by atoms with Gasteiger partial charge in [0, 0.05) is 30.0 Å². The van der Waals surface area contributed by atoms with Crippen LogP contribution in [0.25, 0.3) is 16.9 Å². The van der Waals surface area contributed by atoms with E-state index in [1.54, 1.807) is 21.7 Å². The van der Waals surface area contributed by atoms with Crippen molar-refractivity contribution in [3.63, 3.8) is 0 Å². The van der Waals surface area contributed by atoms with Gasteiger partial charge in [-0.3, -0.25) is 0 Å². The van der Waals surface area contributed by atoms with E-state index in [9.17, 15) is 0 Å². The zero-order valence-electron chi connectivity index (χ0n) is 10.4. The van der Waals surface area contributed by atoms with E-state index in [2.05, 4.69) is 37.8 Å². The van der Waals surface area contributed by atoms with Gasteiger partial charge < -0.3 is 4.74 Å². The van der Waals surface area contributed by atoms with Gasteiger partial charge >= 0.3 is 0 Å². The predicted octanol–water partition coefficient (Wildman–Crippen LogP) is 2.28. The van der Waals surface area contributed by atoms with Crippen molar-refractivity contribution in [2.75, 3.05) is 6.61 Å². The van der Waals surface area contributed by atoms with Gasteiger partial charge in [0.2, 0.25) is 0 Å². The van der Waals surface area contributed by atoms with Crippen molar-refractivity contribution in [1.29, 1.82) is 0 Å². The zero-order valence-corrected chi connectivity index (χ0v) is 12.6. The average molecular weight is 379 g/mol. The Bertz CT molecular complexity index is 819. The van der Waals surface area contributed by atoms with Crippen LogP contribution in [-0.2, 0) is 4.74 Å². The Morgan fingerprint density at radius 1 is 1.25 bits per heavy atom. The number of aromatic nitrogens is 5. The minimum absolute atomic E-state index is 0.747. The van der Waals surface area contributed by atoms with Crippen molar-refractivity contribution >= 4 is 33.8 Å². The van der Waals surface area contributed by atoms with Crippen LogP contribution in [0, 0.1) is 3.70 Å². The zero-order chi connectivity index (χ0) is 13.5. The summed E-state index contributed by atoms with van der Waals surface area (Å²) < 4.78 is 9.75. The molecule has 0 radical (unpaired) electrons. The lowest BCUT2D eigenvalue weighted by Crippen LogP contribution is -1.97. The second kappa shape index (κ2) is 4.58. The Kier molecular flexibility index (Phi) is 2.72. The topological polar surface area (TPSA) is 57.2 Å². The normalized spacial score (nSPS) is 14.6. The lowest BCUT2D eigenvalue weighted by molar-refractivity contribution is 0.281. The number of fused-ring (bicyclic) bond motifs is 1. The molecule has 0 fully saturated rings. The van der Waals surface area contributed by atoms with Crippen LogP contribution >= 0.6 is 22.6 Å². The van der Waals surface area contributed by atoms with Crippen LogP contribution in [0.3, 0.4) is 0 Å². The minimum atomic E-state index is 0.747. The van der Waals surface area contributed by atoms with Crippen molar-refractivity contribution in [2.45, 2.75) is 6.42 Å². The predicted molar refractivity (Wildman–Crippen MR) is 81.4 cm³/mol. The van der Waals surface area contributed by atoms with Crippen molar-refractivity contribution in [2.24, 2.45) is 0 Å².